The molecule has 8 heteroatoms. The predicted octanol–water partition coefficient (Wildman–Crippen LogP) is 4.77. The van der Waals surface area contributed by atoms with E-state index in [4.69, 9.17) is 26.1 Å². The molecule has 1 aromatic carbocycles. The van der Waals surface area contributed by atoms with Crippen LogP contribution in [0.5, 0.6) is 5.75 Å². The number of ether oxygens (including phenoxy) is 2. The van der Waals surface area contributed by atoms with E-state index in [-0.39, 0.29) is 12.0 Å². The highest BCUT2D eigenvalue weighted by Crippen LogP contribution is 2.33. The van der Waals surface area contributed by atoms with Crippen molar-refractivity contribution in [2.75, 3.05) is 25.2 Å². The van der Waals surface area contributed by atoms with Gasteiger partial charge in [-0.25, -0.2) is 4.98 Å². The van der Waals surface area contributed by atoms with Crippen LogP contribution in [0.15, 0.2) is 30.3 Å². The largest absolute Gasteiger partial charge is 0.497 e. The van der Waals surface area contributed by atoms with Crippen molar-refractivity contribution in [3.63, 3.8) is 0 Å². The van der Waals surface area contributed by atoms with Crippen LogP contribution in [0, 0.1) is 0 Å². The maximum Gasteiger partial charge on any atom is 0.234 e. The predicted molar refractivity (Wildman–Crippen MR) is 111 cm³/mol. The zero-order chi connectivity index (χ0) is 18.8. The molecule has 1 aliphatic rings. The number of anilines is 1. The molecule has 0 aliphatic carbocycles. The van der Waals surface area contributed by atoms with E-state index in [2.05, 4.69) is 0 Å². The number of fused-ring (bicyclic) bond motifs is 1. The van der Waals surface area contributed by atoms with E-state index in [0.29, 0.717) is 22.4 Å². The summed E-state index contributed by atoms with van der Waals surface area (Å²) in [7, 11) is 1.63. The van der Waals surface area contributed by atoms with Crippen LogP contribution in [0.4, 0.5) is 5.13 Å². The maximum absolute atomic E-state index is 13.1. The number of aromatic nitrogens is 1. The second kappa shape index (κ2) is 8.14. The fourth-order valence-electron chi connectivity index (χ4n) is 3.11. The topological polar surface area (TPSA) is 51.7 Å². The van der Waals surface area contributed by atoms with Gasteiger partial charge in [0.15, 0.2) is 5.13 Å². The lowest BCUT2D eigenvalue weighted by molar-refractivity contribution is -0.118. The molecule has 3 aromatic rings. The molecule has 2 aromatic heterocycles. The molecule has 1 atom stereocenters. The van der Waals surface area contributed by atoms with E-state index in [1.807, 2.05) is 30.3 Å². The Labute approximate surface area is 170 Å². The molecule has 0 N–H and O–H groups in total. The number of amides is 1. The number of thiazole rings is 1. The van der Waals surface area contributed by atoms with E-state index >= 15 is 0 Å². The first-order valence-electron chi connectivity index (χ1n) is 8.73. The van der Waals surface area contributed by atoms with Crippen molar-refractivity contribution in [2.45, 2.75) is 25.4 Å². The third-order valence-electron chi connectivity index (χ3n) is 4.48. The summed E-state index contributed by atoms with van der Waals surface area (Å²) in [5, 5.41) is 0.696. The Morgan fingerprint density at radius 3 is 2.96 bits per heavy atom. The Kier molecular flexibility index (Phi) is 5.63. The number of benzene rings is 1. The van der Waals surface area contributed by atoms with Gasteiger partial charge >= 0.3 is 0 Å². The fourth-order valence-corrected chi connectivity index (χ4v) is 5.16. The number of hydrogen-bond acceptors (Lipinski definition) is 6. The number of carbonyl (C=O) groups excluding carboxylic acids is 1. The molecule has 0 spiro atoms. The van der Waals surface area contributed by atoms with Crippen molar-refractivity contribution in [1.29, 1.82) is 0 Å². The van der Waals surface area contributed by atoms with Gasteiger partial charge in [0.1, 0.15) is 5.75 Å². The van der Waals surface area contributed by atoms with Crippen molar-refractivity contribution in [1.82, 2.24) is 4.98 Å². The van der Waals surface area contributed by atoms with Crippen LogP contribution >= 0.6 is 34.3 Å². The number of rotatable bonds is 6. The maximum atomic E-state index is 13.1. The van der Waals surface area contributed by atoms with Crippen LogP contribution in [0.25, 0.3) is 10.2 Å². The summed E-state index contributed by atoms with van der Waals surface area (Å²) in [5.41, 5.74) is 0.832. The van der Waals surface area contributed by atoms with Crippen molar-refractivity contribution in [3.05, 3.63) is 39.5 Å². The highest BCUT2D eigenvalue weighted by atomic mass is 35.5. The molecular weight excluding hydrogens is 404 g/mol. The number of nitrogens with zero attached hydrogens (tertiary/aromatic N) is 2. The first-order valence-corrected chi connectivity index (χ1v) is 10.7. The molecule has 27 heavy (non-hydrogen) atoms. The van der Waals surface area contributed by atoms with E-state index in [1.54, 1.807) is 12.0 Å². The average molecular weight is 423 g/mol. The lowest BCUT2D eigenvalue weighted by Gasteiger charge is -2.22. The normalized spacial score (nSPS) is 16.7. The molecule has 0 saturated carbocycles. The van der Waals surface area contributed by atoms with Gasteiger partial charge in [0, 0.05) is 17.6 Å². The molecule has 0 radical (unpaired) electrons. The minimum Gasteiger partial charge on any atom is -0.497 e. The number of methoxy groups -OCH3 is 1. The minimum atomic E-state index is 0.00929. The van der Waals surface area contributed by atoms with Crippen LogP contribution < -0.4 is 9.64 Å². The minimum absolute atomic E-state index is 0.00929. The first kappa shape index (κ1) is 18.7. The van der Waals surface area contributed by atoms with E-state index in [9.17, 15) is 4.79 Å². The lowest BCUT2D eigenvalue weighted by Crippen LogP contribution is -2.38. The zero-order valence-corrected chi connectivity index (χ0v) is 17.2. The van der Waals surface area contributed by atoms with Gasteiger partial charge in [-0.05, 0) is 37.1 Å². The summed E-state index contributed by atoms with van der Waals surface area (Å²) in [6.45, 7) is 1.28. The Hall–Kier alpha value is -1.67. The molecule has 142 valence electrons. The fraction of sp³-hybridized carbons (Fsp3) is 0.368. The van der Waals surface area contributed by atoms with Gasteiger partial charge in [-0.3, -0.25) is 9.69 Å². The molecule has 1 saturated heterocycles. The summed E-state index contributed by atoms with van der Waals surface area (Å²) in [5.74, 6) is 0.764. The first-order chi connectivity index (χ1) is 13.1. The highest BCUT2D eigenvalue weighted by molar-refractivity contribution is 7.22. The highest BCUT2D eigenvalue weighted by Gasteiger charge is 2.26. The monoisotopic (exact) mass is 422 g/mol. The molecule has 3 heterocycles. The number of hydrogen-bond donors (Lipinski definition) is 0. The summed E-state index contributed by atoms with van der Waals surface area (Å²) < 4.78 is 12.8. The van der Waals surface area contributed by atoms with E-state index in [0.717, 1.165) is 40.3 Å². The molecule has 1 unspecified atom stereocenters. The quantitative estimate of drug-likeness (QED) is 0.574. The molecule has 5 nitrogen and oxygen atoms in total. The summed E-state index contributed by atoms with van der Waals surface area (Å²) >= 11 is 8.96. The van der Waals surface area contributed by atoms with Gasteiger partial charge in [0.2, 0.25) is 5.91 Å². The van der Waals surface area contributed by atoms with Crippen molar-refractivity contribution >= 4 is 55.5 Å². The second-order valence-electron chi connectivity index (χ2n) is 6.35. The zero-order valence-electron chi connectivity index (χ0n) is 14.8. The number of carbonyl (C=O) groups is 1. The summed E-state index contributed by atoms with van der Waals surface area (Å²) in [6, 6.07) is 9.50. The lowest BCUT2D eigenvalue weighted by atomic mass is 10.2. The van der Waals surface area contributed by atoms with Crippen molar-refractivity contribution in [3.8, 4) is 5.75 Å². The van der Waals surface area contributed by atoms with Crippen molar-refractivity contribution < 1.29 is 14.3 Å². The molecular formula is C19H19ClN2O3S2. The summed E-state index contributed by atoms with van der Waals surface area (Å²) in [4.78, 5) is 20.5. The summed E-state index contributed by atoms with van der Waals surface area (Å²) in [6.07, 6.45) is 2.36. The van der Waals surface area contributed by atoms with Gasteiger partial charge in [0.05, 0.1) is 40.7 Å². The Balaban J connectivity index is 1.62. The number of halogens is 1. The van der Waals surface area contributed by atoms with Gasteiger partial charge in [-0.15, -0.1) is 11.3 Å². The third-order valence-corrected chi connectivity index (χ3v) is 6.77. The van der Waals surface area contributed by atoms with Crippen LogP contribution in [0.3, 0.4) is 0 Å². The van der Waals surface area contributed by atoms with Crippen LogP contribution in [0.1, 0.15) is 17.7 Å². The molecule has 1 fully saturated rings. The SMILES string of the molecule is COc1ccc2sc(N(CC3CCCO3)C(=O)Cc3ccc(Cl)s3)nc2c1. The van der Waals surface area contributed by atoms with Crippen molar-refractivity contribution in [2.24, 2.45) is 0 Å². The molecule has 0 bridgehead atoms. The molecule has 1 amide bonds. The van der Waals surface area contributed by atoms with E-state index < -0.39 is 0 Å². The standard InChI is InChI=1S/C19H19ClN2O3S2/c1-24-12-4-6-16-15(9-12)21-19(27-16)22(11-13-3-2-8-25-13)18(23)10-14-5-7-17(20)26-14/h4-7,9,13H,2-3,8,10-11H2,1H3. The Bertz CT molecular complexity index is 949. The van der Waals surface area contributed by atoms with Gasteiger partial charge in [-0.2, -0.15) is 0 Å². The van der Waals surface area contributed by atoms with Crippen LogP contribution in [-0.4, -0.2) is 37.3 Å². The Morgan fingerprint density at radius 2 is 2.26 bits per heavy atom. The second-order valence-corrected chi connectivity index (χ2v) is 9.16. The average Bonchev–Trinajstić information content (AvgIpc) is 3.39. The van der Waals surface area contributed by atoms with Gasteiger partial charge < -0.3 is 9.47 Å². The smallest absolute Gasteiger partial charge is 0.234 e. The van der Waals surface area contributed by atoms with Crippen LogP contribution in [0.2, 0.25) is 4.34 Å². The Morgan fingerprint density at radius 1 is 1.37 bits per heavy atom. The molecule has 1 aliphatic heterocycles. The van der Waals surface area contributed by atoms with Gasteiger partial charge in [-0.1, -0.05) is 22.9 Å². The van der Waals surface area contributed by atoms with E-state index in [1.165, 1.54) is 22.7 Å². The third kappa shape index (κ3) is 4.27. The van der Waals surface area contributed by atoms with Crippen LogP contribution in [-0.2, 0) is 16.0 Å². The molecule has 4 rings (SSSR count). The number of thiophene rings is 1. The van der Waals surface area contributed by atoms with Gasteiger partial charge in [0.25, 0.3) is 0 Å².